The number of hydrogen-bond acceptors (Lipinski definition) is 2. The van der Waals surface area contributed by atoms with Crippen molar-refractivity contribution in [3.63, 3.8) is 0 Å². The van der Waals surface area contributed by atoms with Gasteiger partial charge in [-0.05, 0) is 18.8 Å². The molecule has 0 aromatic carbocycles. The molecule has 0 saturated heterocycles. The Morgan fingerprint density at radius 3 is 2.33 bits per heavy atom. The van der Waals surface area contributed by atoms with Crippen LogP contribution in [-0.4, -0.2) is 19.9 Å². The second-order valence-corrected chi connectivity index (χ2v) is 4.78. The van der Waals surface area contributed by atoms with Gasteiger partial charge in [-0.1, -0.05) is 6.92 Å². The van der Waals surface area contributed by atoms with E-state index in [1.807, 2.05) is 0 Å². The molecule has 2 nitrogen and oxygen atoms in total. The minimum atomic E-state index is -2.69. The van der Waals surface area contributed by atoms with Crippen LogP contribution in [0.4, 0.5) is 0 Å². The fourth-order valence-electron chi connectivity index (χ4n) is 0.646. The molecule has 3 heteroatoms. The average molecular weight is 147 g/mol. The Morgan fingerprint density at radius 2 is 2.00 bits per heavy atom. The van der Waals surface area contributed by atoms with Crippen molar-refractivity contribution in [3.05, 3.63) is 5.92 Å². The third-order valence-electron chi connectivity index (χ3n) is 1.47. The van der Waals surface area contributed by atoms with E-state index >= 15 is 0 Å². The Hall–Kier alpha value is -0.0500. The van der Waals surface area contributed by atoms with Gasteiger partial charge < -0.3 is 0 Å². The van der Waals surface area contributed by atoms with E-state index in [-0.39, 0.29) is 5.75 Å². The average Bonchev–Trinajstić information content (AvgIpc) is 2.50. The molecule has 9 heavy (non-hydrogen) atoms. The first-order valence-corrected chi connectivity index (χ1v) is 5.00. The molecule has 1 fully saturated rings. The maximum atomic E-state index is 10.8. The summed E-state index contributed by atoms with van der Waals surface area (Å²) in [6.45, 7) is 1.69. The summed E-state index contributed by atoms with van der Waals surface area (Å²) in [6.07, 6.45) is 2.08. The Balaban J connectivity index is 2.40. The highest BCUT2D eigenvalue weighted by atomic mass is 32.2. The van der Waals surface area contributed by atoms with Crippen molar-refractivity contribution in [2.24, 2.45) is 0 Å². The van der Waals surface area contributed by atoms with Crippen LogP contribution in [0.15, 0.2) is 0 Å². The predicted octanol–water partition coefficient (Wildman–Crippen LogP) is 0.789. The van der Waals surface area contributed by atoms with Crippen LogP contribution in [0.3, 0.4) is 0 Å². The smallest absolute Gasteiger partial charge is 0.150 e. The van der Waals surface area contributed by atoms with Gasteiger partial charge in [0.25, 0.3) is 0 Å². The van der Waals surface area contributed by atoms with Crippen molar-refractivity contribution in [2.45, 2.75) is 19.8 Å². The van der Waals surface area contributed by atoms with E-state index in [1.165, 1.54) is 5.92 Å². The van der Waals surface area contributed by atoms with E-state index in [0.717, 1.165) is 12.8 Å². The molecule has 1 rings (SSSR count). The molecule has 1 radical (unpaired) electrons. The van der Waals surface area contributed by atoms with Crippen LogP contribution in [-0.2, 0) is 9.84 Å². The van der Waals surface area contributed by atoms with Crippen molar-refractivity contribution < 1.29 is 8.42 Å². The van der Waals surface area contributed by atoms with Crippen molar-refractivity contribution in [1.29, 1.82) is 0 Å². The van der Waals surface area contributed by atoms with Crippen LogP contribution < -0.4 is 0 Å². The third-order valence-corrected chi connectivity index (χ3v) is 3.20. The zero-order valence-electron chi connectivity index (χ0n) is 5.55. The molecule has 0 bridgehead atoms. The second kappa shape index (κ2) is 2.29. The maximum absolute atomic E-state index is 10.8. The molecular weight excluding hydrogens is 136 g/mol. The van der Waals surface area contributed by atoms with E-state index in [1.54, 1.807) is 6.92 Å². The van der Waals surface area contributed by atoms with Gasteiger partial charge in [0.05, 0.1) is 5.75 Å². The molecule has 0 heterocycles. The molecule has 0 atom stereocenters. The molecule has 0 aromatic heterocycles. The van der Waals surface area contributed by atoms with E-state index in [4.69, 9.17) is 0 Å². The minimum absolute atomic E-state index is 0.288. The van der Waals surface area contributed by atoms with Crippen LogP contribution in [0.2, 0.25) is 0 Å². The molecule has 0 aromatic rings. The van der Waals surface area contributed by atoms with E-state index in [2.05, 4.69) is 0 Å². The molecule has 1 saturated carbocycles. The van der Waals surface area contributed by atoms with E-state index in [9.17, 15) is 8.42 Å². The van der Waals surface area contributed by atoms with Crippen LogP contribution in [0.1, 0.15) is 19.8 Å². The highest BCUT2D eigenvalue weighted by molar-refractivity contribution is 7.91. The lowest BCUT2D eigenvalue weighted by atomic mass is 10.5. The maximum Gasteiger partial charge on any atom is 0.150 e. The summed E-state index contributed by atoms with van der Waals surface area (Å²) in [5, 5.41) is 0. The first-order valence-electron chi connectivity index (χ1n) is 3.18. The Morgan fingerprint density at radius 1 is 1.44 bits per heavy atom. The van der Waals surface area contributed by atoms with Gasteiger partial charge in [-0.2, -0.15) is 0 Å². The molecule has 53 valence electrons. The van der Waals surface area contributed by atoms with E-state index < -0.39 is 9.84 Å². The fraction of sp³-hybridized carbons (Fsp3) is 0.833. The van der Waals surface area contributed by atoms with Crippen LogP contribution >= 0.6 is 0 Å². The van der Waals surface area contributed by atoms with Crippen LogP contribution in [0.25, 0.3) is 0 Å². The van der Waals surface area contributed by atoms with E-state index in [0.29, 0.717) is 5.75 Å². The van der Waals surface area contributed by atoms with Gasteiger partial charge >= 0.3 is 0 Å². The Bertz CT molecular complexity index is 177. The van der Waals surface area contributed by atoms with Crippen molar-refractivity contribution in [2.75, 3.05) is 11.5 Å². The SMILES string of the molecule is CCS(=O)(=O)C[C]1CC1. The molecule has 1 aliphatic rings. The largest absolute Gasteiger partial charge is 0.229 e. The monoisotopic (exact) mass is 147 g/mol. The molecule has 1 aliphatic carbocycles. The normalized spacial score (nSPS) is 20.1. The van der Waals surface area contributed by atoms with Gasteiger partial charge in [0, 0.05) is 5.75 Å². The van der Waals surface area contributed by atoms with Gasteiger partial charge in [-0.25, -0.2) is 8.42 Å². The first-order chi connectivity index (χ1) is 4.14. The first kappa shape index (κ1) is 7.06. The summed E-state index contributed by atoms with van der Waals surface area (Å²) in [5.74, 6) is 1.84. The van der Waals surface area contributed by atoms with Gasteiger partial charge in [0.15, 0.2) is 9.84 Å². The lowest BCUT2D eigenvalue weighted by molar-refractivity contribution is 0.598. The summed E-state index contributed by atoms with van der Waals surface area (Å²) < 4.78 is 21.7. The standard InChI is InChI=1S/C6H11O2S/c1-2-9(7,8)5-6-3-4-6/h2-5H2,1H3. The minimum Gasteiger partial charge on any atom is -0.229 e. The Kier molecular flexibility index (Phi) is 1.80. The number of rotatable bonds is 3. The number of hydrogen-bond donors (Lipinski definition) is 0. The van der Waals surface area contributed by atoms with Gasteiger partial charge in [-0.3, -0.25) is 0 Å². The molecule has 0 spiro atoms. The zero-order valence-corrected chi connectivity index (χ0v) is 6.37. The fourth-order valence-corrected chi connectivity index (χ4v) is 1.76. The summed E-state index contributed by atoms with van der Waals surface area (Å²) >= 11 is 0. The summed E-state index contributed by atoms with van der Waals surface area (Å²) in [4.78, 5) is 0. The molecule has 0 amide bonds. The molecule has 0 unspecified atom stereocenters. The van der Waals surface area contributed by atoms with Crippen molar-refractivity contribution >= 4 is 9.84 Å². The molecule has 0 N–H and O–H groups in total. The second-order valence-electron chi connectivity index (χ2n) is 2.43. The summed E-state index contributed by atoms with van der Waals surface area (Å²) in [6, 6.07) is 0. The topological polar surface area (TPSA) is 34.1 Å². The van der Waals surface area contributed by atoms with Gasteiger partial charge in [-0.15, -0.1) is 0 Å². The summed E-state index contributed by atoms with van der Waals surface area (Å²) in [5.41, 5.74) is 0. The highest BCUT2D eigenvalue weighted by Crippen LogP contribution is 2.32. The lowest BCUT2D eigenvalue weighted by Crippen LogP contribution is -2.08. The van der Waals surface area contributed by atoms with Gasteiger partial charge in [0.2, 0.25) is 0 Å². The van der Waals surface area contributed by atoms with Gasteiger partial charge in [0.1, 0.15) is 0 Å². The van der Waals surface area contributed by atoms with Crippen LogP contribution in [0, 0.1) is 5.92 Å². The quantitative estimate of drug-likeness (QED) is 0.591. The van der Waals surface area contributed by atoms with Crippen molar-refractivity contribution in [3.8, 4) is 0 Å². The van der Waals surface area contributed by atoms with Crippen molar-refractivity contribution in [1.82, 2.24) is 0 Å². The molecular formula is C6H11O2S. The Labute approximate surface area is 56.2 Å². The third kappa shape index (κ3) is 2.35. The number of sulfone groups is 1. The van der Waals surface area contributed by atoms with Crippen LogP contribution in [0.5, 0.6) is 0 Å². The molecule has 0 aliphatic heterocycles. The zero-order chi connectivity index (χ0) is 6.91. The highest BCUT2D eigenvalue weighted by Gasteiger charge is 2.27. The summed E-state index contributed by atoms with van der Waals surface area (Å²) in [7, 11) is -2.69. The lowest BCUT2D eigenvalue weighted by Gasteiger charge is -1.95. The predicted molar refractivity (Wildman–Crippen MR) is 36.8 cm³/mol.